The number of hydrogen-bond acceptors (Lipinski definition) is 4. The first-order valence-electron chi connectivity index (χ1n) is 15.5. The summed E-state index contributed by atoms with van der Waals surface area (Å²) in [5.74, 6) is 3.08. The molecule has 0 bridgehead atoms. The molecule has 6 unspecified atom stereocenters. The van der Waals surface area contributed by atoms with E-state index >= 15 is 0 Å². The van der Waals surface area contributed by atoms with Crippen molar-refractivity contribution in [3.8, 4) is 0 Å². The number of anilines is 2. The van der Waals surface area contributed by atoms with E-state index in [-0.39, 0.29) is 22.9 Å². The molecule has 0 saturated heterocycles. The number of carbonyl (C=O) groups excluding carboxylic acids is 2. The molecule has 0 aliphatic heterocycles. The van der Waals surface area contributed by atoms with Crippen molar-refractivity contribution in [3.05, 3.63) is 24.3 Å². The highest BCUT2D eigenvalue weighted by Crippen LogP contribution is 2.50. The van der Waals surface area contributed by atoms with Gasteiger partial charge in [0.1, 0.15) is 11.6 Å². The van der Waals surface area contributed by atoms with Gasteiger partial charge in [-0.2, -0.15) is 0 Å². The topological polar surface area (TPSA) is 40.6 Å². The van der Waals surface area contributed by atoms with Gasteiger partial charge in [-0.25, -0.2) is 0 Å². The summed E-state index contributed by atoms with van der Waals surface area (Å²) in [6.07, 6.45) is 6.32. The molecule has 0 amide bonds. The van der Waals surface area contributed by atoms with Crippen molar-refractivity contribution in [1.29, 1.82) is 0 Å². The second kappa shape index (κ2) is 12.1. The fraction of sp³-hybridized carbons (Fsp3) is 0.765. The first kappa shape index (κ1) is 30.7. The largest absolute Gasteiger partial charge is 0.364 e. The van der Waals surface area contributed by atoms with Crippen molar-refractivity contribution in [2.24, 2.45) is 35.5 Å². The number of benzene rings is 1. The number of ketones is 2. The monoisotopic (exact) mass is 524 g/mol. The summed E-state index contributed by atoms with van der Waals surface area (Å²) in [6, 6.07) is 8.79. The molecule has 0 N–H and O–H groups in total. The standard InChI is InChI=1S/C34H56N2O2/c1-11-35(33(9)19-17-27(23(3)4)21-29(33)25(7)37)31-15-13-14-16-32(31)36(12-2)34(10)20-18-28(24(5)6)22-30(34)26(8)38/h13-16,23-24,27-30H,11-12,17-22H2,1-10H3. The second-order valence-electron chi connectivity index (χ2n) is 13.6. The third kappa shape index (κ3) is 5.70. The maximum absolute atomic E-state index is 13.1. The van der Waals surface area contributed by atoms with Crippen LogP contribution in [0.4, 0.5) is 11.4 Å². The van der Waals surface area contributed by atoms with Gasteiger partial charge in [0.05, 0.1) is 11.4 Å². The van der Waals surface area contributed by atoms with Crippen LogP contribution in [0.25, 0.3) is 0 Å². The Bertz CT molecular complexity index is 894. The van der Waals surface area contributed by atoms with Gasteiger partial charge in [0.15, 0.2) is 0 Å². The highest BCUT2D eigenvalue weighted by molar-refractivity contribution is 5.83. The van der Waals surface area contributed by atoms with Gasteiger partial charge >= 0.3 is 0 Å². The van der Waals surface area contributed by atoms with Crippen molar-refractivity contribution in [2.45, 2.75) is 119 Å². The Kier molecular flexibility index (Phi) is 9.80. The first-order chi connectivity index (χ1) is 17.8. The zero-order valence-electron chi connectivity index (χ0n) is 26.1. The zero-order valence-corrected chi connectivity index (χ0v) is 26.1. The highest BCUT2D eigenvalue weighted by Gasteiger charge is 2.49. The van der Waals surface area contributed by atoms with Crippen molar-refractivity contribution >= 4 is 22.9 Å². The van der Waals surface area contributed by atoms with E-state index in [1.807, 2.05) is 0 Å². The molecule has 214 valence electrons. The molecule has 6 atom stereocenters. The molecule has 2 aliphatic carbocycles. The molecular weight excluding hydrogens is 468 g/mol. The maximum atomic E-state index is 13.1. The average Bonchev–Trinajstić information content (AvgIpc) is 2.85. The van der Waals surface area contributed by atoms with Crippen LogP contribution in [-0.4, -0.2) is 35.7 Å². The minimum atomic E-state index is -0.225. The molecule has 0 spiro atoms. The Balaban J connectivity index is 2.08. The van der Waals surface area contributed by atoms with E-state index in [4.69, 9.17) is 0 Å². The minimum absolute atomic E-state index is 0.0220. The third-order valence-electron chi connectivity index (χ3n) is 10.8. The Labute approximate surface area is 233 Å². The van der Waals surface area contributed by atoms with Crippen LogP contribution in [-0.2, 0) is 9.59 Å². The Morgan fingerprint density at radius 3 is 1.37 bits per heavy atom. The Hall–Kier alpha value is -1.84. The van der Waals surface area contributed by atoms with Crippen LogP contribution < -0.4 is 9.80 Å². The molecule has 4 nitrogen and oxygen atoms in total. The van der Waals surface area contributed by atoms with E-state index in [0.29, 0.717) is 35.2 Å². The smallest absolute Gasteiger partial charge is 0.135 e. The van der Waals surface area contributed by atoms with Gasteiger partial charge < -0.3 is 9.80 Å². The zero-order chi connectivity index (χ0) is 28.4. The number of para-hydroxylation sites is 2. The van der Waals surface area contributed by atoms with Crippen LogP contribution >= 0.6 is 0 Å². The van der Waals surface area contributed by atoms with E-state index in [1.54, 1.807) is 13.8 Å². The van der Waals surface area contributed by atoms with Crippen LogP contribution in [0.2, 0.25) is 0 Å². The lowest BCUT2D eigenvalue weighted by atomic mass is 9.64. The third-order valence-corrected chi connectivity index (χ3v) is 10.8. The second-order valence-corrected chi connectivity index (χ2v) is 13.6. The molecule has 2 fully saturated rings. The lowest BCUT2D eigenvalue weighted by Crippen LogP contribution is -2.59. The fourth-order valence-electron chi connectivity index (χ4n) is 8.25. The summed E-state index contributed by atoms with van der Waals surface area (Å²) >= 11 is 0. The maximum Gasteiger partial charge on any atom is 0.135 e. The molecule has 0 aromatic heterocycles. The molecule has 3 rings (SSSR count). The molecule has 0 radical (unpaired) electrons. The van der Waals surface area contributed by atoms with Crippen molar-refractivity contribution in [1.82, 2.24) is 0 Å². The van der Waals surface area contributed by atoms with Crippen LogP contribution in [0.5, 0.6) is 0 Å². The van der Waals surface area contributed by atoms with E-state index in [0.717, 1.165) is 51.6 Å². The number of nitrogens with zero attached hydrogens (tertiary/aromatic N) is 2. The fourth-order valence-corrected chi connectivity index (χ4v) is 8.25. The number of Topliss-reactive ketones (excluding diaryl/α,β-unsaturated/α-hetero) is 2. The number of hydrogen-bond donors (Lipinski definition) is 0. The Morgan fingerprint density at radius 1 is 0.763 bits per heavy atom. The van der Waals surface area contributed by atoms with E-state index in [1.165, 1.54) is 11.4 Å². The van der Waals surface area contributed by atoms with Gasteiger partial charge in [0.25, 0.3) is 0 Å². The quantitative estimate of drug-likeness (QED) is 0.309. The van der Waals surface area contributed by atoms with E-state index < -0.39 is 0 Å². The summed E-state index contributed by atoms with van der Waals surface area (Å²) < 4.78 is 0. The summed E-state index contributed by atoms with van der Waals surface area (Å²) in [5.41, 5.74) is 1.97. The van der Waals surface area contributed by atoms with E-state index in [9.17, 15) is 9.59 Å². The van der Waals surface area contributed by atoms with Gasteiger partial charge in [-0.15, -0.1) is 0 Å². The molecule has 2 aliphatic rings. The summed E-state index contributed by atoms with van der Waals surface area (Å²) in [6.45, 7) is 23.6. The van der Waals surface area contributed by atoms with Crippen LogP contribution in [0.15, 0.2) is 24.3 Å². The molecule has 2 saturated carbocycles. The molecule has 0 heterocycles. The summed E-state index contributed by atoms with van der Waals surface area (Å²) in [7, 11) is 0. The molecule has 4 heteroatoms. The van der Waals surface area contributed by atoms with Crippen LogP contribution in [0.3, 0.4) is 0 Å². The van der Waals surface area contributed by atoms with Crippen molar-refractivity contribution < 1.29 is 9.59 Å². The van der Waals surface area contributed by atoms with Gasteiger partial charge in [-0.05, 0) is 116 Å². The van der Waals surface area contributed by atoms with Gasteiger partial charge in [-0.3, -0.25) is 9.59 Å². The van der Waals surface area contributed by atoms with Crippen LogP contribution in [0.1, 0.15) is 108 Å². The number of carbonyl (C=O) groups is 2. The minimum Gasteiger partial charge on any atom is -0.364 e. The predicted octanol–water partition coefficient (Wildman–Crippen LogP) is 8.18. The van der Waals surface area contributed by atoms with E-state index in [2.05, 4.69) is 89.5 Å². The van der Waals surface area contributed by atoms with Crippen molar-refractivity contribution in [3.63, 3.8) is 0 Å². The lowest BCUT2D eigenvalue weighted by Gasteiger charge is -2.55. The summed E-state index contributed by atoms with van der Waals surface area (Å²) in [5, 5.41) is 0. The summed E-state index contributed by atoms with van der Waals surface area (Å²) in [4.78, 5) is 31.4. The Morgan fingerprint density at radius 2 is 1.11 bits per heavy atom. The van der Waals surface area contributed by atoms with Gasteiger partial charge in [-0.1, -0.05) is 39.8 Å². The first-order valence-corrected chi connectivity index (χ1v) is 15.5. The highest BCUT2D eigenvalue weighted by atomic mass is 16.1. The van der Waals surface area contributed by atoms with Crippen molar-refractivity contribution in [2.75, 3.05) is 22.9 Å². The van der Waals surface area contributed by atoms with Gasteiger partial charge in [0, 0.05) is 36.0 Å². The SMILES string of the molecule is CCN(c1ccccc1N(CC)C1(C)CCC(C(C)C)CC1C(C)=O)C1(C)CCC(C(C)C)CC1C(C)=O. The molecule has 1 aromatic rings. The lowest BCUT2D eigenvalue weighted by molar-refractivity contribution is -0.125. The molecule has 1 aromatic carbocycles. The van der Waals surface area contributed by atoms with Gasteiger partial charge in [0.2, 0.25) is 0 Å². The molecular formula is C34H56N2O2. The average molecular weight is 525 g/mol. The predicted molar refractivity (Wildman–Crippen MR) is 162 cm³/mol. The molecule has 38 heavy (non-hydrogen) atoms. The van der Waals surface area contributed by atoms with Crippen LogP contribution in [0, 0.1) is 35.5 Å². The number of rotatable bonds is 10. The normalized spacial score (nSPS) is 31.9.